The molecule has 1 aliphatic heterocycles. The standard InChI is InChI=1S/C14H14BrNO/c15-13-7-4-12(5-8-13)6-9-14(17)16-10-2-1-3-11-16/h4-5,7-8H,1-3,10-11H2. The average molecular weight is 292 g/mol. The summed E-state index contributed by atoms with van der Waals surface area (Å²) in [6.07, 6.45) is 3.43. The van der Waals surface area contributed by atoms with Crippen molar-refractivity contribution >= 4 is 21.8 Å². The number of piperidine rings is 1. The smallest absolute Gasteiger partial charge is 0.298 e. The van der Waals surface area contributed by atoms with Gasteiger partial charge in [0.15, 0.2) is 0 Å². The molecule has 1 amide bonds. The summed E-state index contributed by atoms with van der Waals surface area (Å²) in [5, 5.41) is 0. The number of benzene rings is 1. The molecule has 1 aliphatic rings. The molecule has 1 saturated heterocycles. The Morgan fingerprint density at radius 1 is 1.12 bits per heavy atom. The fourth-order valence-electron chi connectivity index (χ4n) is 1.83. The van der Waals surface area contributed by atoms with Crippen molar-refractivity contribution in [1.82, 2.24) is 4.90 Å². The summed E-state index contributed by atoms with van der Waals surface area (Å²) in [4.78, 5) is 13.6. The van der Waals surface area contributed by atoms with Crippen molar-refractivity contribution in [3.05, 3.63) is 34.3 Å². The Morgan fingerprint density at radius 3 is 2.41 bits per heavy atom. The molecule has 1 fully saturated rings. The summed E-state index contributed by atoms with van der Waals surface area (Å²) in [6.45, 7) is 1.71. The van der Waals surface area contributed by atoms with Crippen molar-refractivity contribution in [3.8, 4) is 11.8 Å². The van der Waals surface area contributed by atoms with E-state index in [-0.39, 0.29) is 5.91 Å². The van der Waals surface area contributed by atoms with E-state index >= 15 is 0 Å². The number of carbonyl (C=O) groups is 1. The van der Waals surface area contributed by atoms with Gasteiger partial charge in [-0.15, -0.1) is 0 Å². The predicted octanol–water partition coefficient (Wildman–Crippen LogP) is 2.81. The van der Waals surface area contributed by atoms with Gasteiger partial charge in [0.05, 0.1) is 0 Å². The Hall–Kier alpha value is -1.27. The van der Waals surface area contributed by atoms with Gasteiger partial charge in [-0.25, -0.2) is 0 Å². The first-order valence-electron chi connectivity index (χ1n) is 5.82. The van der Waals surface area contributed by atoms with E-state index in [4.69, 9.17) is 0 Å². The zero-order chi connectivity index (χ0) is 12.1. The van der Waals surface area contributed by atoms with Crippen molar-refractivity contribution in [2.45, 2.75) is 19.3 Å². The van der Waals surface area contributed by atoms with Crippen LogP contribution in [0.25, 0.3) is 0 Å². The van der Waals surface area contributed by atoms with Crippen molar-refractivity contribution in [1.29, 1.82) is 0 Å². The Balaban J connectivity index is 2.00. The van der Waals surface area contributed by atoms with Gasteiger partial charge in [-0.2, -0.15) is 0 Å². The summed E-state index contributed by atoms with van der Waals surface area (Å²) in [6, 6.07) is 7.66. The molecule has 0 unspecified atom stereocenters. The van der Waals surface area contributed by atoms with Crippen molar-refractivity contribution in [2.75, 3.05) is 13.1 Å². The number of likely N-dealkylation sites (tertiary alicyclic amines) is 1. The molecule has 1 heterocycles. The summed E-state index contributed by atoms with van der Waals surface area (Å²) >= 11 is 3.36. The number of rotatable bonds is 0. The first-order valence-corrected chi connectivity index (χ1v) is 6.61. The maximum Gasteiger partial charge on any atom is 0.298 e. The molecule has 0 aromatic heterocycles. The van der Waals surface area contributed by atoms with E-state index in [1.165, 1.54) is 6.42 Å². The van der Waals surface area contributed by atoms with Crippen LogP contribution in [0.2, 0.25) is 0 Å². The maximum absolute atomic E-state index is 11.8. The minimum Gasteiger partial charge on any atom is -0.332 e. The van der Waals surface area contributed by atoms with E-state index in [1.807, 2.05) is 29.2 Å². The minimum absolute atomic E-state index is 0.0485. The van der Waals surface area contributed by atoms with E-state index in [0.717, 1.165) is 36.0 Å². The summed E-state index contributed by atoms with van der Waals surface area (Å²) in [5.41, 5.74) is 0.874. The summed E-state index contributed by atoms with van der Waals surface area (Å²) in [7, 11) is 0. The van der Waals surface area contributed by atoms with Crippen molar-refractivity contribution < 1.29 is 4.79 Å². The lowest BCUT2D eigenvalue weighted by Crippen LogP contribution is -2.34. The van der Waals surface area contributed by atoms with Crippen LogP contribution in [0, 0.1) is 11.8 Å². The van der Waals surface area contributed by atoms with Crippen LogP contribution in [0.15, 0.2) is 28.7 Å². The number of carbonyl (C=O) groups excluding carboxylic acids is 1. The molecule has 0 saturated carbocycles. The molecule has 0 radical (unpaired) electrons. The highest BCUT2D eigenvalue weighted by molar-refractivity contribution is 9.10. The van der Waals surface area contributed by atoms with Crippen molar-refractivity contribution in [2.24, 2.45) is 0 Å². The number of nitrogens with zero attached hydrogens (tertiary/aromatic N) is 1. The highest BCUT2D eigenvalue weighted by atomic mass is 79.9. The van der Waals surface area contributed by atoms with E-state index < -0.39 is 0 Å². The first kappa shape index (κ1) is 12.2. The second-order valence-corrected chi connectivity index (χ2v) is 5.03. The second-order valence-electron chi connectivity index (χ2n) is 4.11. The van der Waals surface area contributed by atoms with Gasteiger partial charge in [0.25, 0.3) is 5.91 Å². The third-order valence-electron chi connectivity index (χ3n) is 2.80. The Labute approximate surface area is 110 Å². The average Bonchev–Trinajstić information content (AvgIpc) is 2.39. The first-order chi connectivity index (χ1) is 8.25. The molecule has 0 N–H and O–H groups in total. The van der Waals surface area contributed by atoms with Gasteiger partial charge in [0.2, 0.25) is 0 Å². The lowest BCUT2D eigenvalue weighted by molar-refractivity contribution is -0.125. The molecule has 0 bridgehead atoms. The monoisotopic (exact) mass is 291 g/mol. The Morgan fingerprint density at radius 2 is 1.76 bits per heavy atom. The molecule has 2 rings (SSSR count). The van der Waals surface area contributed by atoms with E-state index in [9.17, 15) is 4.79 Å². The molecule has 0 spiro atoms. The van der Waals surface area contributed by atoms with Crippen LogP contribution in [-0.4, -0.2) is 23.9 Å². The zero-order valence-electron chi connectivity index (χ0n) is 9.58. The van der Waals surface area contributed by atoms with E-state index in [1.54, 1.807) is 0 Å². The predicted molar refractivity (Wildman–Crippen MR) is 71.5 cm³/mol. The van der Waals surface area contributed by atoms with Crippen molar-refractivity contribution in [3.63, 3.8) is 0 Å². The van der Waals surface area contributed by atoms with E-state index in [2.05, 4.69) is 27.8 Å². The van der Waals surface area contributed by atoms with Gasteiger partial charge < -0.3 is 4.90 Å². The van der Waals surface area contributed by atoms with Gasteiger partial charge in [-0.1, -0.05) is 21.9 Å². The van der Waals surface area contributed by atoms with Crippen LogP contribution < -0.4 is 0 Å². The van der Waals surface area contributed by atoms with Gasteiger partial charge in [-0.05, 0) is 43.5 Å². The molecule has 3 heteroatoms. The van der Waals surface area contributed by atoms with Crippen LogP contribution >= 0.6 is 15.9 Å². The molecule has 88 valence electrons. The third kappa shape index (κ3) is 3.61. The zero-order valence-corrected chi connectivity index (χ0v) is 11.2. The van der Waals surface area contributed by atoms with Gasteiger partial charge in [0.1, 0.15) is 0 Å². The van der Waals surface area contributed by atoms with Gasteiger partial charge >= 0.3 is 0 Å². The molecular weight excluding hydrogens is 278 g/mol. The quantitative estimate of drug-likeness (QED) is 0.673. The van der Waals surface area contributed by atoms with Crippen LogP contribution in [-0.2, 0) is 4.79 Å². The Kier molecular flexibility index (Phi) is 4.22. The number of hydrogen-bond acceptors (Lipinski definition) is 1. The topological polar surface area (TPSA) is 20.3 Å². The largest absolute Gasteiger partial charge is 0.332 e. The minimum atomic E-state index is -0.0485. The molecular formula is C14H14BrNO. The Bertz CT molecular complexity index is 449. The van der Waals surface area contributed by atoms with Gasteiger partial charge in [0, 0.05) is 29.0 Å². The SMILES string of the molecule is O=C(C#Cc1ccc(Br)cc1)N1CCCCC1. The molecule has 2 nitrogen and oxygen atoms in total. The maximum atomic E-state index is 11.8. The molecule has 0 aliphatic carbocycles. The lowest BCUT2D eigenvalue weighted by Gasteiger charge is -2.24. The van der Waals surface area contributed by atoms with E-state index in [0.29, 0.717) is 0 Å². The number of halogens is 1. The summed E-state index contributed by atoms with van der Waals surface area (Å²) in [5.74, 6) is 5.57. The fraction of sp³-hybridized carbons (Fsp3) is 0.357. The fourth-order valence-corrected chi connectivity index (χ4v) is 2.10. The normalized spacial score (nSPS) is 15.0. The van der Waals surface area contributed by atoms with Crippen LogP contribution in [0.3, 0.4) is 0 Å². The second kappa shape index (κ2) is 5.88. The molecule has 0 atom stereocenters. The molecule has 1 aromatic rings. The lowest BCUT2D eigenvalue weighted by atomic mass is 10.1. The highest BCUT2D eigenvalue weighted by Crippen LogP contribution is 2.10. The van der Waals surface area contributed by atoms with Crippen LogP contribution in [0.4, 0.5) is 0 Å². The molecule has 17 heavy (non-hydrogen) atoms. The number of amides is 1. The highest BCUT2D eigenvalue weighted by Gasteiger charge is 2.13. The van der Waals surface area contributed by atoms with Crippen LogP contribution in [0.1, 0.15) is 24.8 Å². The molecule has 1 aromatic carbocycles. The number of hydrogen-bond donors (Lipinski definition) is 0. The third-order valence-corrected chi connectivity index (χ3v) is 3.33. The van der Waals surface area contributed by atoms with Crippen LogP contribution in [0.5, 0.6) is 0 Å². The summed E-state index contributed by atoms with van der Waals surface area (Å²) < 4.78 is 1.02. The van der Waals surface area contributed by atoms with Gasteiger partial charge in [-0.3, -0.25) is 4.79 Å².